The highest BCUT2D eigenvalue weighted by Gasteiger charge is 2.15. The van der Waals surface area contributed by atoms with E-state index in [1.807, 2.05) is 12.1 Å². The van der Waals surface area contributed by atoms with Crippen LogP contribution in [0.3, 0.4) is 0 Å². The van der Waals surface area contributed by atoms with Crippen molar-refractivity contribution in [2.24, 2.45) is 0 Å². The van der Waals surface area contributed by atoms with Crippen LogP contribution >= 0.6 is 12.2 Å². The predicted octanol–water partition coefficient (Wildman–Crippen LogP) is 5.23. The molecule has 0 aliphatic heterocycles. The van der Waals surface area contributed by atoms with E-state index in [4.69, 9.17) is 12.2 Å². The number of H-pyrrole nitrogens is 1. The average molecular weight is 359 g/mol. The second-order valence-electron chi connectivity index (χ2n) is 7.04. The molecule has 0 spiro atoms. The molecule has 0 aliphatic rings. The summed E-state index contributed by atoms with van der Waals surface area (Å²) in [6, 6.07) is 11.5. The monoisotopic (exact) mass is 359 g/mol. The van der Waals surface area contributed by atoms with Crippen molar-refractivity contribution in [2.75, 3.05) is 0 Å². The molecular formula is C19H19F2N3S. The fourth-order valence-corrected chi connectivity index (χ4v) is 2.89. The molecule has 0 aliphatic carbocycles. The van der Waals surface area contributed by atoms with Gasteiger partial charge in [0, 0.05) is 11.6 Å². The Balaban J connectivity index is 1.98. The molecule has 6 heteroatoms. The number of halogens is 2. The highest BCUT2D eigenvalue weighted by molar-refractivity contribution is 7.71. The molecule has 0 unspecified atom stereocenters. The lowest BCUT2D eigenvalue weighted by atomic mass is 9.87. The van der Waals surface area contributed by atoms with Crippen molar-refractivity contribution in [2.45, 2.75) is 32.7 Å². The van der Waals surface area contributed by atoms with Crippen molar-refractivity contribution in [1.29, 1.82) is 0 Å². The van der Waals surface area contributed by atoms with Gasteiger partial charge in [-0.1, -0.05) is 45.0 Å². The Hall–Kier alpha value is -2.34. The van der Waals surface area contributed by atoms with Crippen LogP contribution < -0.4 is 0 Å². The van der Waals surface area contributed by atoms with Gasteiger partial charge in [-0.3, -0.25) is 9.67 Å². The first-order chi connectivity index (χ1) is 11.7. The quantitative estimate of drug-likeness (QED) is 0.650. The molecule has 0 saturated heterocycles. The van der Waals surface area contributed by atoms with Gasteiger partial charge in [0.05, 0.1) is 6.54 Å². The summed E-state index contributed by atoms with van der Waals surface area (Å²) in [7, 11) is 0. The summed E-state index contributed by atoms with van der Waals surface area (Å²) in [5.74, 6) is -0.586. The molecule has 0 fully saturated rings. The van der Waals surface area contributed by atoms with Crippen LogP contribution in [0.2, 0.25) is 0 Å². The zero-order valence-electron chi connectivity index (χ0n) is 14.3. The molecule has 2 aromatic carbocycles. The molecule has 3 nitrogen and oxygen atoms in total. The third kappa shape index (κ3) is 3.85. The van der Waals surface area contributed by atoms with Crippen LogP contribution in [0.4, 0.5) is 8.78 Å². The SMILES string of the molecule is CC(C)(C)c1ccc(-c2n[nH]c(=S)n2Cc2cc(F)cc(F)c2)cc1. The molecule has 0 atom stereocenters. The molecule has 1 N–H and O–H groups in total. The summed E-state index contributed by atoms with van der Waals surface area (Å²) in [4.78, 5) is 0. The second kappa shape index (κ2) is 6.52. The molecule has 0 bridgehead atoms. The zero-order valence-corrected chi connectivity index (χ0v) is 15.1. The molecule has 0 amide bonds. The number of nitrogens with zero attached hydrogens (tertiary/aromatic N) is 2. The number of nitrogens with one attached hydrogen (secondary N) is 1. The molecule has 0 saturated carbocycles. The van der Waals surface area contributed by atoms with Gasteiger partial charge in [0.25, 0.3) is 0 Å². The van der Waals surface area contributed by atoms with E-state index in [0.29, 0.717) is 16.2 Å². The molecular weight excluding hydrogens is 340 g/mol. The van der Waals surface area contributed by atoms with Gasteiger partial charge in [0.1, 0.15) is 11.6 Å². The minimum atomic E-state index is -0.610. The molecule has 25 heavy (non-hydrogen) atoms. The molecule has 3 aromatic rings. The van der Waals surface area contributed by atoms with Gasteiger partial charge in [-0.2, -0.15) is 5.10 Å². The predicted molar refractivity (Wildman–Crippen MR) is 97.0 cm³/mol. The standard InChI is InChI=1S/C19H19F2N3S/c1-19(2,3)14-6-4-13(5-7-14)17-22-23-18(25)24(17)11-12-8-15(20)10-16(21)9-12/h4-10H,11H2,1-3H3,(H,23,25). The van der Waals surface area contributed by atoms with Crippen molar-refractivity contribution < 1.29 is 8.78 Å². The van der Waals surface area contributed by atoms with Crippen LogP contribution in [0, 0.1) is 16.4 Å². The zero-order chi connectivity index (χ0) is 18.2. The maximum Gasteiger partial charge on any atom is 0.195 e. The van der Waals surface area contributed by atoms with Crippen LogP contribution in [-0.2, 0) is 12.0 Å². The lowest BCUT2D eigenvalue weighted by Crippen LogP contribution is -2.10. The van der Waals surface area contributed by atoms with E-state index in [-0.39, 0.29) is 12.0 Å². The highest BCUT2D eigenvalue weighted by atomic mass is 32.1. The number of hydrogen-bond acceptors (Lipinski definition) is 2. The van der Waals surface area contributed by atoms with Gasteiger partial charge in [-0.25, -0.2) is 8.78 Å². The minimum absolute atomic E-state index is 0.0579. The van der Waals surface area contributed by atoms with Gasteiger partial charge in [0.2, 0.25) is 0 Å². The van der Waals surface area contributed by atoms with E-state index >= 15 is 0 Å². The first-order valence-electron chi connectivity index (χ1n) is 7.95. The van der Waals surface area contributed by atoms with Crippen molar-refractivity contribution >= 4 is 12.2 Å². The number of aromatic nitrogens is 3. The first-order valence-corrected chi connectivity index (χ1v) is 8.36. The van der Waals surface area contributed by atoms with Crippen LogP contribution in [0.25, 0.3) is 11.4 Å². The average Bonchev–Trinajstić information content (AvgIpc) is 2.87. The Labute approximate surface area is 150 Å². The maximum atomic E-state index is 13.4. The number of benzene rings is 2. The summed E-state index contributed by atoms with van der Waals surface area (Å²) < 4.78 is 29.0. The fourth-order valence-electron chi connectivity index (χ4n) is 2.69. The number of aromatic amines is 1. The Kier molecular flexibility index (Phi) is 4.56. The highest BCUT2D eigenvalue weighted by Crippen LogP contribution is 2.26. The van der Waals surface area contributed by atoms with E-state index in [1.165, 1.54) is 17.7 Å². The third-order valence-corrected chi connectivity index (χ3v) is 4.34. The van der Waals surface area contributed by atoms with E-state index in [0.717, 1.165) is 11.6 Å². The van der Waals surface area contributed by atoms with E-state index in [1.54, 1.807) is 4.57 Å². The lowest BCUT2D eigenvalue weighted by Gasteiger charge is -2.19. The van der Waals surface area contributed by atoms with Crippen molar-refractivity contribution in [3.05, 3.63) is 70.0 Å². The van der Waals surface area contributed by atoms with Crippen molar-refractivity contribution in [1.82, 2.24) is 14.8 Å². The van der Waals surface area contributed by atoms with Crippen molar-refractivity contribution in [3.63, 3.8) is 0 Å². The smallest absolute Gasteiger partial charge is 0.195 e. The van der Waals surface area contributed by atoms with Gasteiger partial charge in [0.15, 0.2) is 10.6 Å². The Morgan fingerprint density at radius 3 is 2.20 bits per heavy atom. The topological polar surface area (TPSA) is 33.6 Å². The summed E-state index contributed by atoms with van der Waals surface area (Å²) >= 11 is 5.28. The summed E-state index contributed by atoms with van der Waals surface area (Å²) in [5, 5.41) is 7.04. The van der Waals surface area contributed by atoms with Crippen LogP contribution in [-0.4, -0.2) is 14.8 Å². The van der Waals surface area contributed by atoms with Crippen LogP contribution in [0.1, 0.15) is 31.9 Å². The Morgan fingerprint density at radius 1 is 1.04 bits per heavy atom. The molecule has 3 rings (SSSR count). The largest absolute Gasteiger partial charge is 0.296 e. The van der Waals surface area contributed by atoms with Crippen LogP contribution in [0.5, 0.6) is 0 Å². The minimum Gasteiger partial charge on any atom is -0.296 e. The number of rotatable bonds is 3. The fraction of sp³-hybridized carbons (Fsp3) is 0.263. The molecule has 130 valence electrons. The normalized spacial score (nSPS) is 11.7. The first kappa shape index (κ1) is 17.5. The van der Waals surface area contributed by atoms with E-state index < -0.39 is 11.6 Å². The number of hydrogen-bond donors (Lipinski definition) is 1. The van der Waals surface area contributed by atoms with E-state index in [2.05, 4.69) is 43.1 Å². The van der Waals surface area contributed by atoms with E-state index in [9.17, 15) is 8.78 Å². The summed E-state index contributed by atoms with van der Waals surface area (Å²) in [6.07, 6.45) is 0. The Bertz CT molecular complexity index is 930. The van der Waals surface area contributed by atoms with Gasteiger partial charge < -0.3 is 0 Å². The second-order valence-corrected chi connectivity index (χ2v) is 7.43. The maximum absolute atomic E-state index is 13.4. The lowest BCUT2D eigenvalue weighted by molar-refractivity contribution is 0.577. The molecule has 0 radical (unpaired) electrons. The van der Waals surface area contributed by atoms with Gasteiger partial charge in [-0.05, 0) is 40.9 Å². The summed E-state index contributed by atoms with van der Waals surface area (Å²) in [6.45, 7) is 6.68. The van der Waals surface area contributed by atoms with Gasteiger partial charge in [-0.15, -0.1) is 0 Å². The van der Waals surface area contributed by atoms with Crippen LogP contribution in [0.15, 0.2) is 42.5 Å². The summed E-state index contributed by atoms with van der Waals surface area (Å²) in [5.41, 5.74) is 2.64. The van der Waals surface area contributed by atoms with Crippen molar-refractivity contribution in [3.8, 4) is 11.4 Å². The molecule has 1 aromatic heterocycles. The molecule has 1 heterocycles. The Morgan fingerprint density at radius 2 is 1.64 bits per heavy atom. The third-order valence-electron chi connectivity index (χ3n) is 4.03. The van der Waals surface area contributed by atoms with Gasteiger partial charge >= 0.3 is 0 Å².